The molecular weight excluding hydrogens is 266 g/mol. The van der Waals surface area contributed by atoms with Crippen molar-refractivity contribution in [2.75, 3.05) is 12.8 Å². The van der Waals surface area contributed by atoms with Gasteiger partial charge in [-0.3, -0.25) is 0 Å². The Balaban J connectivity index is 2.38. The number of hydrogen-bond acceptors (Lipinski definition) is 5. The van der Waals surface area contributed by atoms with E-state index in [0.29, 0.717) is 22.4 Å². The summed E-state index contributed by atoms with van der Waals surface area (Å²) in [5.41, 5.74) is 6.35. The van der Waals surface area contributed by atoms with Gasteiger partial charge < -0.3 is 15.0 Å². The normalized spacial score (nSPS) is 14.3. The Morgan fingerprint density at radius 1 is 1.47 bits per heavy atom. The lowest BCUT2D eigenvalue weighted by molar-refractivity contribution is -0.0106. The predicted molar refractivity (Wildman–Crippen MR) is 73.8 cm³/mol. The van der Waals surface area contributed by atoms with Crippen LogP contribution in [0, 0.1) is 0 Å². The van der Waals surface area contributed by atoms with Crippen molar-refractivity contribution in [2.24, 2.45) is 0 Å². The number of nitrogens with two attached hydrogens (primary N) is 1. The molecule has 0 saturated heterocycles. The topological polar surface area (TPSA) is 74.2 Å². The molecule has 0 aliphatic carbocycles. The van der Waals surface area contributed by atoms with Gasteiger partial charge in [-0.2, -0.15) is 4.98 Å². The molecule has 2 aromatic rings. The predicted octanol–water partition coefficient (Wildman–Crippen LogP) is 3.24. The van der Waals surface area contributed by atoms with Gasteiger partial charge in [0.25, 0.3) is 5.89 Å². The molecule has 2 rings (SSSR count). The van der Waals surface area contributed by atoms with Crippen LogP contribution >= 0.6 is 11.6 Å². The summed E-state index contributed by atoms with van der Waals surface area (Å²) in [7, 11) is 1.62. The molecule has 1 atom stereocenters. The van der Waals surface area contributed by atoms with E-state index in [1.165, 1.54) is 0 Å². The summed E-state index contributed by atoms with van der Waals surface area (Å²) in [6, 6.07) is 5.19. The molecule has 1 aromatic heterocycles. The van der Waals surface area contributed by atoms with Crippen LogP contribution in [-0.2, 0) is 10.3 Å². The quantitative estimate of drug-likeness (QED) is 0.871. The highest BCUT2D eigenvalue weighted by Gasteiger charge is 2.30. The summed E-state index contributed by atoms with van der Waals surface area (Å²) >= 11 is 5.98. The molecule has 0 radical (unpaired) electrons. The monoisotopic (exact) mass is 281 g/mol. The molecular formula is C13H16ClN3O2. The van der Waals surface area contributed by atoms with Crippen LogP contribution in [0.4, 0.5) is 5.69 Å². The number of ether oxygens (including phenoxy) is 1. The number of rotatable bonds is 4. The standard InChI is InChI=1S/C13H16ClN3O2/c1-4-13(2,18-3)12-16-11(19-17-12)8-5-6-10(15)9(14)7-8/h5-7H,4,15H2,1-3H3. The van der Waals surface area contributed by atoms with Crippen LogP contribution < -0.4 is 5.73 Å². The number of nitrogens with zero attached hydrogens (tertiary/aromatic N) is 2. The Bertz CT molecular complexity index is 579. The highest BCUT2D eigenvalue weighted by atomic mass is 35.5. The van der Waals surface area contributed by atoms with Gasteiger partial charge in [-0.1, -0.05) is 23.7 Å². The van der Waals surface area contributed by atoms with E-state index in [2.05, 4.69) is 10.1 Å². The second-order valence-corrected chi connectivity index (χ2v) is 4.86. The molecule has 1 heterocycles. The van der Waals surface area contributed by atoms with Crippen LogP contribution in [0.3, 0.4) is 0 Å². The molecule has 1 aromatic carbocycles. The highest BCUT2D eigenvalue weighted by molar-refractivity contribution is 6.33. The molecule has 102 valence electrons. The number of anilines is 1. The maximum atomic E-state index is 5.98. The number of aromatic nitrogens is 2. The minimum atomic E-state index is -0.556. The third kappa shape index (κ3) is 2.57. The Hall–Kier alpha value is -1.59. The van der Waals surface area contributed by atoms with Crippen molar-refractivity contribution in [1.82, 2.24) is 10.1 Å². The summed E-state index contributed by atoms with van der Waals surface area (Å²) in [6.45, 7) is 3.91. The lowest BCUT2D eigenvalue weighted by Crippen LogP contribution is -2.24. The maximum Gasteiger partial charge on any atom is 0.258 e. The fourth-order valence-electron chi connectivity index (χ4n) is 1.61. The van der Waals surface area contributed by atoms with E-state index in [9.17, 15) is 0 Å². The molecule has 0 aliphatic rings. The lowest BCUT2D eigenvalue weighted by Gasteiger charge is -2.21. The van der Waals surface area contributed by atoms with Crippen LogP contribution in [0.5, 0.6) is 0 Å². The number of halogens is 1. The Morgan fingerprint density at radius 2 is 2.21 bits per heavy atom. The third-order valence-electron chi connectivity index (χ3n) is 3.27. The summed E-state index contributed by atoms with van der Waals surface area (Å²) < 4.78 is 10.7. The molecule has 19 heavy (non-hydrogen) atoms. The van der Waals surface area contributed by atoms with Crippen molar-refractivity contribution in [3.63, 3.8) is 0 Å². The van der Waals surface area contributed by atoms with E-state index >= 15 is 0 Å². The van der Waals surface area contributed by atoms with Gasteiger partial charge in [-0.05, 0) is 31.5 Å². The Morgan fingerprint density at radius 3 is 2.79 bits per heavy atom. The maximum absolute atomic E-state index is 5.98. The Kier molecular flexibility index (Phi) is 3.78. The summed E-state index contributed by atoms with van der Waals surface area (Å²) in [5, 5.41) is 4.43. The van der Waals surface area contributed by atoms with Crippen molar-refractivity contribution in [3.8, 4) is 11.5 Å². The van der Waals surface area contributed by atoms with Crippen LogP contribution in [0.2, 0.25) is 5.02 Å². The third-order valence-corrected chi connectivity index (χ3v) is 3.60. The molecule has 0 fully saturated rings. The first-order chi connectivity index (χ1) is 9.00. The summed E-state index contributed by atoms with van der Waals surface area (Å²) in [4.78, 5) is 4.36. The molecule has 0 amide bonds. The molecule has 0 bridgehead atoms. The number of benzene rings is 1. The van der Waals surface area contributed by atoms with Crippen LogP contribution in [0.1, 0.15) is 26.1 Å². The van der Waals surface area contributed by atoms with E-state index in [1.54, 1.807) is 25.3 Å². The van der Waals surface area contributed by atoms with Crippen molar-refractivity contribution in [2.45, 2.75) is 25.9 Å². The second-order valence-electron chi connectivity index (χ2n) is 4.45. The molecule has 0 spiro atoms. The fraction of sp³-hybridized carbons (Fsp3) is 0.385. The number of methoxy groups -OCH3 is 1. The summed E-state index contributed by atoms with van der Waals surface area (Å²) in [6.07, 6.45) is 0.741. The van der Waals surface area contributed by atoms with Gasteiger partial charge in [-0.15, -0.1) is 0 Å². The van der Waals surface area contributed by atoms with Gasteiger partial charge in [-0.25, -0.2) is 0 Å². The van der Waals surface area contributed by atoms with Gasteiger partial charge in [0.1, 0.15) is 5.60 Å². The molecule has 6 heteroatoms. The van der Waals surface area contributed by atoms with Crippen LogP contribution in [0.25, 0.3) is 11.5 Å². The zero-order chi connectivity index (χ0) is 14.0. The van der Waals surface area contributed by atoms with Crippen LogP contribution in [-0.4, -0.2) is 17.3 Å². The van der Waals surface area contributed by atoms with E-state index in [4.69, 9.17) is 26.6 Å². The average molecular weight is 282 g/mol. The minimum Gasteiger partial charge on any atom is -0.398 e. The van der Waals surface area contributed by atoms with Gasteiger partial charge >= 0.3 is 0 Å². The zero-order valence-corrected chi connectivity index (χ0v) is 11.9. The van der Waals surface area contributed by atoms with Crippen molar-refractivity contribution in [3.05, 3.63) is 29.0 Å². The van der Waals surface area contributed by atoms with Gasteiger partial charge in [0, 0.05) is 12.7 Å². The van der Waals surface area contributed by atoms with Gasteiger partial charge in [0.2, 0.25) is 5.82 Å². The Labute approximate surface area is 116 Å². The smallest absolute Gasteiger partial charge is 0.258 e. The second kappa shape index (κ2) is 5.19. The van der Waals surface area contributed by atoms with Crippen molar-refractivity contribution >= 4 is 17.3 Å². The van der Waals surface area contributed by atoms with Crippen LogP contribution in [0.15, 0.2) is 22.7 Å². The molecule has 5 nitrogen and oxygen atoms in total. The fourth-order valence-corrected chi connectivity index (χ4v) is 1.79. The minimum absolute atomic E-state index is 0.397. The van der Waals surface area contributed by atoms with E-state index in [0.717, 1.165) is 12.0 Å². The van der Waals surface area contributed by atoms with Crippen molar-refractivity contribution in [1.29, 1.82) is 0 Å². The van der Waals surface area contributed by atoms with Crippen molar-refractivity contribution < 1.29 is 9.26 Å². The van der Waals surface area contributed by atoms with Gasteiger partial charge in [0.05, 0.1) is 10.7 Å². The summed E-state index contributed by atoms with van der Waals surface area (Å²) in [5.74, 6) is 0.911. The largest absolute Gasteiger partial charge is 0.398 e. The van der Waals surface area contributed by atoms with E-state index in [-0.39, 0.29) is 0 Å². The first kappa shape index (κ1) is 13.8. The first-order valence-electron chi connectivity index (χ1n) is 5.95. The highest BCUT2D eigenvalue weighted by Crippen LogP contribution is 2.30. The van der Waals surface area contributed by atoms with E-state index < -0.39 is 5.60 Å². The zero-order valence-electron chi connectivity index (χ0n) is 11.1. The SMILES string of the molecule is CCC(C)(OC)c1noc(-c2ccc(N)c(Cl)c2)n1. The molecule has 1 unspecified atom stereocenters. The average Bonchev–Trinajstić information content (AvgIpc) is 2.91. The molecule has 0 saturated carbocycles. The number of nitrogen functional groups attached to an aromatic ring is 1. The first-order valence-corrected chi connectivity index (χ1v) is 6.32. The van der Waals surface area contributed by atoms with E-state index in [1.807, 2.05) is 13.8 Å². The van der Waals surface area contributed by atoms with Gasteiger partial charge in [0.15, 0.2) is 0 Å². The molecule has 0 aliphatic heterocycles. The molecule has 2 N–H and O–H groups in total. The lowest BCUT2D eigenvalue weighted by atomic mass is 10.0. The number of hydrogen-bond donors (Lipinski definition) is 1.